The second-order valence-corrected chi connectivity index (χ2v) is 8.41. The van der Waals surface area contributed by atoms with Gasteiger partial charge < -0.3 is 20.1 Å². The molecule has 1 aromatic carbocycles. The zero-order chi connectivity index (χ0) is 24.0. The summed E-state index contributed by atoms with van der Waals surface area (Å²) in [7, 11) is 1.45. The van der Waals surface area contributed by atoms with Crippen molar-refractivity contribution in [3.05, 3.63) is 45.7 Å². The number of methoxy groups -OCH3 is 1. The molecule has 2 N–H and O–H groups in total. The number of carbonyl (C=O) groups excluding carboxylic acids is 1. The van der Waals surface area contributed by atoms with Crippen LogP contribution >= 0.6 is 11.6 Å². The van der Waals surface area contributed by atoms with Crippen molar-refractivity contribution in [2.75, 3.05) is 32.2 Å². The van der Waals surface area contributed by atoms with Crippen LogP contribution in [0, 0.1) is 12.7 Å². The Morgan fingerprint density at radius 1 is 1.36 bits per heavy atom. The number of ether oxygens (including phenoxy) is 2. The normalized spacial score (nSPS) is 15.3. The highest BCUT2D eigenvalue weighted by molar-refractivity contribution is 6.33. The second-order valence-electron chi connectivity index (χ2n) is 8.00. The van der Waals surface area contributed by atoms with Gasteiger partial charge in [0.05, 0.1) is 17.6 Å². The summed E-state index contributed by atoms with van der Waals surface area (Å²) in [5.41, 5.74) is 3.34. The van der Waals surface area contributed by atoms with Gasteiger partial charge >= 0.3 is 0 Å². The number of amides is 1. The highest BCUT2D eigenvalue weighted by atomic mass is 35.5. The van der Waals surface area contributed by atoms with Crippen molar-refractivity contribution >= 4 is 34.9 Å². The van der Waals surface area contributed by atoms with Crippen molar-refractivity contribution in [3.63, 3.8) is 0 Å². The van der Waals surface area contributed by atoms with Gasteiger partial charge in [0.15, 0.2) is 5.82 Å². The van der Waals surface area contributed by atoms with Crippen LogP contribution in [-0.2, 0) is 16.0 Å². The molecule has 33 heavy (non-hydrogen) atoms. The first kappa shape index (κ1) is 24.9. The molecule has 1 unspecified atom stereocenters. The molecule has 1 heterocycles. The van der Waals surface area contributed by atoms with Crippen LogP contribution in [0.1, 0.15) is 49.4 Å². The molecule has 1 atom stereocenters. The summed E-state index contributed by atoms with van der Waals surface area (Å²) in [5, 5.41) is 6.45. The fourth-order valence-corrected chi connectivity index (χ4v) is 3.93. The lowest BCUT2D eigenvalue weighted by Gasteiger charge is -2.18. The van der Waals surface area contributed by atoms with Crippen LogP contribution in [0.4, 0.5) is 16.0 Å². The average molecular weight is 477 g/mol. The van der Waals surface area contributed by atoms with Crippen LogP contribution in [0.5, 0.6) is 5.75 Å². The molecule has 1 aliphatic rings. The molecular weight excluding hydrogens is 447 g/mol. The molecule has 0 spiro atoms. The number of aliphatic imine (C=N–C) groups is 1. The lowest BCUT2D eigenvalue weighted by molar-refractivity contribution is -0.124. The van der Waals surface area contributed by atoms with Crippen molar-refractivity contribution < 1.29 is 18.7 Å². The Balaban J connectivity index is 1.71. The summed E-state index contributed by atoms with van der Waals surface area (Å²) in [6.45, 7) is 6.45. The largest absolute Gasteiger partial charge is 0.492 e. The minimum absolute atomic E-state index is 0.00618. The van der Waals surface area contributed by atoms with Crippen LogP contribution in [0.2, 0.25) is 5.02 Å². The van der Waals surface area contributed by atoms with E-state index in [1.807, 2.05) is 32.9 Å². The van der Waals surface area contributed by atoms with Gasteiger partial charge in [-0.15, -0.1) is 0 Å². The maximum Gasteiger partial charge on any atom is 0.246 e. The number of pyridine rings is 1. The van der Waals surface area contributed by atoms with E-state index < -0.39 is 0 Å². The van der Waals surface area contributed by atoms with Gasteiger partial charge in [-0.1, -0.05) is 18.5 Å². The molecule has 0 saturated heterocycles. The standard InChI is InChI=1S/C24H30ClFN4O3/c1-5-15(3)28-23-14(2)10-18(25)24(30-23)29-20-7-6-16-11-17(12-19(26)22(16)20)33-9-8-27-21(31)13-32-4/h10-12,20H,5-9,13H2,1-4H3,(H,27,31)(H,29,30). The molecule has 0 saturated carbocycles. The van der Waals surface area contributed by atoms with E-state index in [2.05, 4.69) is 20.6 Å². The first-order chi connectivity index (χ1) is 15.8. The first-order valence-corrected chi connectivity index (χ1v) is 11.4. The van der Waals surface area contributed by atoms with Crippen LogP contribution in [0.25, 0.3) is 0 Å². The van der Waals surface area contributed by atoms with E-state index in [1.165, 1.54) is 13.2 Å². The van der Waals surface area contributed by atoms with Crippen molar-refractivity contribution in [1.29, 1.82) is 0 Å². The first-order valence-electron chi connectivity index (χ1n) is 11.0. The molecule has 0 bridgehead atoms. The number of halogens is 2. The zero-order valence-corrected chi connectivity index (χ0v) is 20.2. The number of nitrogens with one attached hydrogen (secondary N) is 2. The number of hydrogen-bond acceptors (Lipinski definition) is 6. The molecule has 0 fully saturated rings. The third kappa shape index (κ3) is 6.42. The minimum atomic E-state index is -0.343. The Kier molecular flexibility index (Phi) is 8.63. The minimum Gasteiger partial charge on any atom is -0.492 e. The Labute approximate surface area is 198 Å². The molecule has 9 heteroatoms. The zero-order valence-electron chi connectivity index (χ0n) is 19.4. The monoisotopic (exact) mass is 476 g/mol. The second kappa shape index (κ2) is 11.4. The lowest BCUT2D eigenvalue weighted by Crippen LogP contribution is -2.30. The Morgan fingerprint density at radius 2 is 2.15 bits per heavy atom. The summed E-state index contributed by atoms with van der Waals surface area (Å²) in [4.78, 5) is 20.6. The molecule has 7 nitrogen and oxygen atoms in total. The van der Waals surface area contributed by atoms with Gasteiger partial charge in [0, 0.05) is 24.5 Å². The topological polar surface area (TPSA) is 84.8 Å². The van der Waals surface area contributed by atoms with Gasteiger partial charge in [0.1, 0.15) is 30.6 Å². The van der Waals surface area contributed by atoms with Gasteiger partial charge in [-0.3, -0.25) is 4.79 Å². The maximum atomic E-state index is 15.0. The van der Waals surface area contributed by atoms with Crippen LogP contribution in [-0.4, -0.2) is 43.5 Å². The van der Waals surface area contributed by atoms with Gasteiger partial charge in [-0.25, -0.2) is 14.4 Å². The number of anilines is 1. The third-order valence-corrected chi connectivity index (χ3v) is 5.76. The van der Waals surface area contributed by atoms with Crippen LogP contribution in [0.15, 0.2) is 23.2 Å². The van der Waals surface area contributed by atoms with E-state index in [9.17, 15) is 4.79 Å². The number of aromatic nitrogens is 1. The lowest BCUT2D eigenvalue weighted by atomic mass is 10.1. The van der Waals surface area contributed by atoms with Crippen LogP contribution in [0.3, 0.4) is 0 Å². The molecule has 178 valence electrons. The summed E-state index contributed by atoms with van der Waals surface area (Å²) in [5.74, 6) is 0.975. The molecule has 3 rings (SSSR count). The number of fused-ring (bicyclic) bond motifs is 1. The Morgan fingerprint density at radius 3 is 2.88 bits per heavy atom. The molecule has 1 amide bonds. The summed E-state index contributed by atoms with van der Waals surface area (Å²) in [6, 6.07) is 4.80. The summed E-state index contributed by atoms with van der Waals surface area (Å²) < 4.78 is 25.4. The fraction of sp³-hybridized carbons (Fsp3) is 0.458. The van der Waals surface area contributed by atoms with E-state index in [0.717, 1.165) is 23.3 Å². The molecule has 2 aromatic rings. The van der Waals surface area contributed by atoms with Gasteiger partial charge in [0.2, 0.25) is 5.91 Å². The average Bonchev–Trinajstić information content (AvgIpc) is 3.18. The molecule has 0 radical (unpaired) electrons. The van der Waals surface area contributed by atoms with E-state index in [0.29, 0.717) is 47.4 Å². The van der Waals surface area contributed by atoms with Crippen molar-refractivity contribution in [2.45, 2.75) is 46.1 Å². The fourth-order valence-electron chi connectivity index (χ4n) is 3.67. The molecule has 0 aliphatic heterocycles. The molecular formula is C24H30ClFN4O3. The Hall–Kier alpha value is -2.71. The number of hydrogen-bond donors (Lipinski definition) is 2. The maximum absolute atomic E-state index is 15.0. The number of nitrogens with zero attached hydrogens (tertiary/aromatic N) is 2. The number of rotatable bonds is 10. The molecule has 1 aromatic heterocycles. The van der Waals surface area contributed by atoms with E-state index >= 15 is 4.39 Å². The van der Waals surface area contributed by atoms with Crippen LogP contribution < -0.4 is 15.4 Å². The Bertz CT molecular complexity index is 1040. The highest BCUT2D eigenvalue weighted by Gasteiger charge is 2.28. The summed E-state index contributed by atoms with van der Waals surface area (Å²) >= 11 is 6.43. The smallest absolute Gasteiger partial charge is 0.246 e. The van der Waals surface area contributed by atoms with Gasteiger partial charge in [-0.05, 0) is 56.4 Å². The highest BCUT2D eigenvalue weighted by Crippen LogP contribution is 2.39. The predicted molar refractivity (Wildman–Crippen MR) is 129 cm³/mol. The third-order valence-electron chi connectivity index (χ3n) is 5.47. The number of aryl methyl sites for hydroxylation is 2. The summed E-state index contributed by atoms with van der Waals surface area (Å²) in [6.07, 6.45) is 2.24. The van der Waals surface area contributed by atoms with E-state index in [1.54, 1.807) is 0 Å². The van der Waals surface area contributed by atoms with Crippen molar-refractivity contribution in [2.24, 2.45) is 4.99 Å². The van der Waals surface area contributed by atoms with Crippen molar-refractivity contribution in [1.82, 2.24) is 10.3 Å². The predicted octanol–water partition coefficient (Wildman–Crippen LogP) is 4.93. The SMILES string of the molecule is CCC(C)=Nc1nc(NC2CCc3cc(OCCNC(=O)COC)cc(F)c32)c(Cl)cc1C. The quantitative estimate of drug-likeness (QED) is 0.375. The van der Waals surface area contributed by atoms with E-state index in [4.69, 9.17) is 21.1 Å². The van der Waals surface area contributed by atoms with Crippen molar-refractivity contribution in [3.8, 4) is 5.75 Å². The number of benzene rings is 1. The number of carbonyl (C=O) groups is 1. The van der Waals surface area contributed by atoms with Gasteiger partial charge in [-0.2, -0.15) is 0 Å². The molecule has 1 aliphatic carbocycles. The van der Waals surface area contributed by atoms with E-state index in [-0.39, 0.29) is 31.0 Å². The van der Waals surface area contributed by atoms with Gasteiger partial charge in [0.25, 0.3) is 0 Å².